The smallest absolute Gasteiger partial charge is 0.143 e. The molecule has 2 heterocycles. The minimum Gasteiger partial charge on any atom is -0.353 e. The fourth-order valence-corrected chi connectivity index (χ4v) is 2.55. The Morgan fingerprint density at radius 3 is 3.29 bits per heavy atom. The highest BCUT2D eigenvalue weighted by Gasteiger charge is 2.16. The topological polar surface area (TPSA) is 31.4 Å². The van der Waals surface area contributed by atoms with Crippen LogP contribution in [0, 0.1) is 0 Å². The highest BCUT2D eigenvalue weighted by atomic mass is 32.2. The molecule has 1 aromatic heterocycles. The Morgan fingerprint density at radius 2 is 2.47 bits per heavy atom. The monoisotopic (exact) mass is 252 g/mol. The van der Waals surface area contributed by atoms with E-state index in [1.54, 1.807) is 11.9 Å². The second-order valence-corrected chi connectivity index (χ2v) is 5.14. The molecule has 17 heavy (non-hydrogen) atoms. The summed E-state index contributed by atoms with van der Waals surface area (Å²) in [7, 11) is 2.16. The third-order valence-corrected chi connectivity index (χ3v) is 3.89. The van der Waals surface area contributed by atoms with E-state index in [0.29, 0.717) is 0 Å². The third-order valence-electron chi connectivity index (χ3n) is 3.01. The van der Waals surface area contributed by atoms with Crippen molar-refractivity contribution in [2.75, 3.05) is 44.7 Å². The number of rotatable bonds is 4. The maximum absolute atomic E-state index is 4.51. The van der Waals surface area contributed by atoms with Gasteiger partial charge in [-0.3, -0.25) is 4.72 Å². The quantitative estimate of drug-likeness (QED) is 0.820. The number of aromatic nitrogens is 1. The molecular weight excluding hydrogens is 232 g/mol. The highest BCUT2D eigenvalue weighted by molar-refractivity contribution is 7.97. The average Bonchev–Trinajstić information content (AvgIpc) is 2.58. The molecule has 0 spiro atoms. The summed E-state index contributed by atoms with van der Waals surface area (Å²) in [5.74, 6) is 1.12. The Hall–Kier alpha value is -0.780. The molecule has 94 valence electrons. The van der Waals surface area contributed by atoms with Crippen LogP contribution in [0.5, 0.6) is 0 Å². The minimum absolute atomic E-state index is 0.997. The first kappa shape index (κ1) is 12.7. The average molecular weight is 252 g/mol. The van der Waals surface area contributed by atoms with Crippen LogP contribution in [0.2, 0.25) is 0 Å². The number of pyridine rings is 1. The fourth-order valence-electron chi connectivity index (χ4n) is 1.78. The second-order valence-electron chi connectivity index (χ2n) is 4.20. The van der Waals surface area contributed by atoms with Gasteiger partial charge in [-0.1, -0.05) is 6.92 Å². The number of nitrogens with zero attached hydrogens (tertiary/aromatic N) is 3. The zero-order valence-electron chi connectivity index (χ0n) is 10.5. The van der Waals surface area contributed by atoms with Crippen molar-refractivity contribution in [2.24, 2.45) is 0 Å². The van der Waals surface area contributed by atoms with E-state index in [4.69, 9.17) is 0 Å². The van der Waals surface area contributed by atoms with Gasteiger partial charge in [0.25, 0.3) is 0 Å². The lowest BCUT2D eigenvalue weighted by molar-refractivity contribution is 0.358. The van der Waals surface area contributed by atoms with Crippen molar-refractivity contribution in [3.8, 4) is 0 Å². The summed E-state index contributed by atoms with van der Waals surface area (Å²) in [6.45, 7) is 7.42. The first-order valence-corrected chi connectivity index (χ1v) is 6.91. The van der Waals surface area contributed by atoms with Gasteiger partial charge < -0.3 is 9.80 Å². The van der Waals surface area contributed by atoms with Gasteiger partial charge in [0.1, 0.15) is 5.82 Å². The molecule has 0 aliphatic carbocycles. The maximum Gasteiger partial charge on any atom is 0.143 e. The van der Waals surface area contributed by atoms with E-state index in [-0.39, 0.29) is 0 Å². The Balaban J connectivity index is 2.06. The predicted octanol–water partition coefficient (Wildman–Crippen LogP) is 1.45. The van der Waals surface area contributed by atoms with Crippen LogP contribution >= 0.6 is 11.9 Å². The molecule has 1 aliphatic rings. The molecule has 1 N–H and O–H groups in total. The van der Waals surface area contributed by atoms with Gasteiger partial charge >= 0.3 is 0 Å². The van der Waals surface area contributed by atoms with Gasteiger partial charge in [-0.25, -0.2) is 4.98 Å². The van der Waals surface area contributed by atoms with E-state index < -0.39 is 0 Å². The SMILES string of the molecule is CCN(C)CCN1CCNSc2cccnc21. The van der Waals surface area contributed by atoms with Crippen LogP contribution in [-0.4, -0.2) is 49.7 Å². The van der Waals surface area contributed by atoms with Crippen molar-refractivity contribution in [1.29, 1.82) is 0 Å². The van der Waals surface area contributed by atoms with Crippen molar-refractivity contribution in [3.05, 3.63) is 18.3 Å². The summed E-state index contributed by atoms with van der Waals surface area (Å²) < 4.78 is 3.36. The standard InChI is InChI=1S/C12H20N4S/c1-3-15(2)9-10-16-8-7-14-17-11-5-4-6-13-12(11)16/h4-6,14H,3,7-10H2,1-2H3. The number of anilines is 1. The molecule has 1 aromatic rings. The molecule has 0 atom stereocenters. The van der Waals surface area contributed by atoms with Gasteiger partial charge in [0.15, 0.2) is 0 Å². The molecule has 2 rings (SSSR count). The first-order chi connectivity index (χ1) is 8.31. The summed E-state index contributed by atoms with van der Waals surface area (Å²) in [4.78, 5) is 10.4. The summed E-state index contributed by atoms with van der Waals surface area (Å²) in [6.07, 6.45) is 1.88. The Bertz CT molecular complexity index is 358. The molecule has 5 heteroatoms. The summed E-state index contributed by atoms with van der Waals surface area (Å²) >= 11 is 1.69. The number of likely N-dealkylation sites (N-methyl/N-ethyl adjacent to an activating group) is 1. The molecule has 0 saturated heterocycles. The zero-order valence-corrected chi connectivity index (χ0v) is 11.3. The van der Waals surface area contributed by atoms with E-state index in [1.165, 1.54) is 4.90 Å². The van der Waals surface area contributed by atoms with Crippen molar-refractivity contribution in [2.45, 2.75) is 11.8 Å². The molecule has 0 saturated carbocycles. The molecular formula is C12H20N4S. The van der Waals surface area contributed by atoms with E-state index in [2.05, 4.69) is 39.5 Å². The van der Waals surface area contributed by atoms with Crippen molar-refractivity contribution in [3.63, 3.8) is 0 Å². The maximum atomic E-state index is 4.51. The highest BCUT2D eigenvalue weighted by Crippen LogP contribution is 2.27. The van der Waals surface area contributed by atoms with Crippen molar-refractivity contribution >= 4 is 17.8 Å². The lowest BCUT2D eigenvalue weighted by Crippen LogP contribution is -2.36. The normalized spacial score (nSPS) is 15.8. The van der Waals surface area contributed by atoms with Crippen LogP contribution in [-0.2, 0) is 0 Å². The fraction of sp³-hybridized carbons (Fsp3) is 0.583. The van der Waals surface area contributed by atoms with E-state index in [0.717, 1.165) is 38.5 Å². The van der Waals surface area contributed by atoms with Gasteiger partial charge in [0.2, 0.25) is 0 Å². The summed E-state index contributed by atoms with van der Waals surface area (Å²) in [6, 6.07) is 4.12. The minimum atomic E-state index is 0.997. The van der Waals surface area contributed by atoms with Gasteiger partial charge in [0.05, 0.1) is 4.90 Å². The molecule has 4 nitrogen and oxygen atoms in total. The number of fused-ring (bicyclic) bond motifs is 1. The molecule has 0 fully saturated rings. The molecule has 1 aliphatic heterocycles. The van der Waals surface area contributed by atoms with Crippen molar-refractivity contribution < 1.29 is 0 Å². The van der Waals surface area contributed by atoms with Crippen LogP contribution in [0.3, 0.4) is 0 Å². The van der Waals surface area contributed by atoms with E-state index in [1.807, 2.05) is 12.3 Å². The van der Waals surface area contributed by atoms with Gasteiger partial charge in [-0.2, -0.15) is 0 Å². The van der Waals surface area contributed by atoms with E-state index >= 15 is 0 Å². The molecule has 0 bridgehead atoms. The lowest BCUT2D eigenvalue weighted by atomic mass is 10.3. The number of hydrogen-bond acceptors (Lipinski definition) is 5. The van der Waals surface area contributed by atoms with Crippen LogP contribution in [0.15, 0.2) is 23.2 Å². The second kappa shape index (κ2) is 6.23. The summed E-state index contributed by atoms with van der Waals surface area (Å²) in [5, 5.41) is 0. The molecule has 0 amide bonds. The predicted molar refractivity (Wildman–Crippen MR) is 73.5 cm³/mol. The Morgan fingerprint density at radius 1 is 1.59 bits per heavy atom. The Labute approximate surface area is 108 Å². The first-order valence-electron chi connectivity index (χ1n) is 6.09. The Kier molecular flexibility index (Phi) is 4.65. The lowest BCUT2D eigenvalue weighted by Gasteiger charge is -2.25. The molecule has 0 radical (unpaired) electrons. The summed E-state index contributed by atoms with van der Waals surface area (Å²) in [5.41, 5.74) is 0. The zero-order chi connectivity index (χ0) is 12.1. The van der Waals surface area contributed by atoms with Crippen LogP contribution in [0.4, 0.5) is 5.82 Å². The third kappa shape index (κ3) is 3.34. The largest absolute Gasteiger partial charge is 0.353 e. The van der Waals surface area contributed by atoms with E-state index in [9.17, 15) is 0 Å². The number of hydrogen-bond donors (Lipinski definition) is 1. The van der Waals surface area contributed by atoms with Crippen LogP contribution < -0.4 is 9.62 Å². The van der Waals surface area contributed by atoms with Gasteiger partial charge in [-0.15, -0.1) is 0 Å². The molecule has 0 aromatic carbocycles. The number of nitrogens with one attached hydrogen (secondary N) is 1. The van der Waals surface area contributed by atoms with Crippen molar-refractivity contribution in [1.82, 2.24) is 14.6 Å². The van der Waals surface area contributed by atoms with Crippen LogP contribution in [0.1, 0.15) is 6.92 Å². The molecule has 0 unspecified atom stereocenters. The van der Waals surface area contributed by atoms with Crippen LogP contribution in [0.25, 0.3) is 0 Å². The van der Waals surface area contributed by atoms with Gasteiger partial charge in [-0.05, 0) is 37.7 Å². The van der Waals surface area contributed by atoms with Gasteiger partial charge in [0, 0.05) is 32.4 Å².